The fraction of sp³-hybridized carbons (Fsp3) is 0.565. The minimum atomic E-state index is -3.62. The molecule has 0 unspecified atom stereocenters. The third-order valence-corrected chi connectivity index (χ3v) is 8.97. The Morgan fingerprint density at radius 1 is 0.935 bits per heavy atom. The molecule has 3 aliphatic carbocycles. The third kappa shape index (κ3) is 4.03. The van der Waals surface area contributed by atoms with E-state index in [1.54, 1.807) is 17.0 Å². The molecule has 1 saturated heterocycles. The lowest BCUT2D eigenvalue weighted by Gasteiger charge is -2.45. The Bertz CT molecular complexity index is 978. The van der Waals surface area contributed by atoms with Gasteiger partial charge in [-0.15, -0.1) is 0 Å². The van der Waals surface area contributed by atoms with Crippen LogP contribution in [0.4, 0.5) is 0 Å². The number of nitrogens with zero attached hydrogens (tertiary/aromatic N) is 2. The van der Waals surface area contributed by atoms with Crippen LogP contribution in [-0.2, 0) is 19.6 Å². The molecule has 0 spiro atoms. The van der Waals surface area contributed by atoms with E-state index in [1.807, 2.05) is 24.3 Å². The Hall–Kier alpha value is -2.19. The van der Waals surface area contributed by atoms with Crippen LogP contribution < -0.4 is 0 Å². The van der Waals surface area contributed by atoms with Crippen molar-refractivity contribution < 1.29 is 23.1 Å². The number of sulfonamides is 1. The van der Waals surface area contributed by atoms with Gasteiger partial charge in [0.15, 0.2) is 0 Å². The number of piperazine rings is 1. The van der Waals surface area contributed by atoms with Crippen molar-refractivity contribution in [3.8, 4) is 0 Å². The van der Waals surface area contributed by atoms with Gasteiger partial charge < -0.3 is 10.0 Å². The van der Waals surface area contributed by atoms with Crippen molar-refractivity contribution in [1.29, 1.82) is 0 Å². The Balaban J connectivity index is 1.44. The van der Waals surface area contributed by atoms with Crippen molar-refractivity contribution in [3.05, 3.63) is 42.0 Å². The van der Waals surface area contributed by atoms with E-state index in [9.17, 15) is 23.1 Å². The van der Waals surface area contributed by atoms with E-state index in [0.717, 1.165) is 18.4 Å². The first-order valence-corrected chi connectivity index (χ1v) is 12.4. The molecule has 5 rings (SSSR count). The number of carboxylic acid groups (broad SMARTS) is 1. The van der Waals surface area contributed by atoms with Crippen LogP contribution in [0.15, 0.2) is 41.3 Å². The maximum absolute atomic E-state index is 13.2. The summed E-state index contributed by atoms with van der Waals surface area (Å²) in [6.07, 6.45) is 5.59. The second-order valence-electron chi connectivity index (χ2n) is 9.13. The molecule has 1 saturated carbocycles. The number of fused-ring (bicyclic) bond motifs is 2. The summed E-state index contributed by atoms with van der Waals surface area (Å²) in [6.45, 7) is 5.12. The minimum Gasteiger partial charge on any atom is -0.481 e. The highest BCUT2D eigenvalue weighted by atomic mass is 32.2. The van der Waals surface area contributed by atoms with Crippen molar-refractivity contribution in [2.24, 2.45) is 23.7 Å². The lowest BCUT2D eigenvalue weighted by molar-refractivity contribution is -0.157. The number of carboxylic acids is 1. The standard InChI is InChI=1S/C23H30N2O5S/c1-15(2)16-7-9-19(10-8-16)31(29,30)25-13-11-24(12-14-25)22(26)20-17-3-5-18(6-4-17)21(20)23(27)28/h3,5,7-10,15,17-18,20-21H,4,6,11-14H2,1-2H3,(H,27,28)/t17-,18-,20+,21-/m0/s1. The predicted octanol–water partition coefficient (Wildman–Crippen LogP) is 2.56. The molecule has 31 heavy (non-hydrogen) atoms. The molecule has 8 heteroatoms. The molecule has 1 N–H and O–H groups in total. The SMILES string of the molecule is CC(C)c1ccc(S(=O)(=O)N2CCN(C(=O)[C@H]3[C@@H](C(=O)O)[C@H]4C=C[C@H]3CC4)CC2)cc1. The molecule has 168 valence electrons. The fourth-order valence-electron chi connectivity index (χ4n) is 5.20. The molecule has 0 radical (unpaired) electrons. The summed E-state index contributed by atoms with van der Waals surface area (Å²) in [6, 6.07) is 6.97. The van der Waals surface area contributed by atoms with E-state index in [4.69, 9.17) is 0 Å². The van der Waals surface area contributed by atoms with Crippen LogP contribution in [-0.4, -0.2) is 60.8 Å². The second kappa shape index (κ2) is 8.39. The van der Waals surface area contributed by atoms with Gasteiger partial charge in [-0.3, -0.25) is 9.59 Å². The first kappa shape index (κ1) is 22.0. The number of aliphatic carboxylic acids is 1. The average molecular weight is 447 g/mol. The highest BCUT2D eigenvalue weighted by Gasteiger charge is 2.49. The zero-order valence-corrected chi connectivity index (χ0v) is 18.8. The number of hydrogen-bond acceptors (Lipinski definition) is 4. The molecule has 4 atom stereocenters. The summed E-state index contributed by atoms with van der Waals surface area (Å²) in [5, 5.41) is 9.71. The number of hydrogen-bond donors (Lipinski definition) is 1. The Morgan fingerprint density at radius 3 is 1.97 bits per heavy atom. The summed E-state index contributed by atoms with van der Waals surface area (Å²) >= 11 is 0. The van der Waals surface area contributed by atoms with E-state index in [-0.39, 0.29) is 48.8 Å². The second-order valence-corrected chi connectivity index (χ2v) is 11.1. The van der Waals surface area contributed by atoms with Gasteiger partial charge in [-0.1, -0.05) is 38.1 Å². The maximum Gasteiger partial charge on any atom is 0.307 e. The zero-order chi connectivity index (χ0) is 22.3. The minimum absolute atomic E-state index is 0.0418. The smallest absolute Gasteiger partial charge is 0.307 e. The number of carbonyl (C=O) groups excluding carboxylic acids is 1. The van der Waals surface area contributed by atoms with Crippen LogP contribution in [0.5, 0.6) is 0 Å². The van der Waals surface area contributed by atoms with Gasteiger partial charge in [0.05, 0.1) is 16.7 Å². The normalized spacial score (nSPS) is 28.8. The summed E-state index contributed by atoms with van der Waals surface area (Å²) in [5.41, 5.74) is 1.08. The highest BCUT2D eigenvalue weighted by molar-refractivity contribution is 7.89. The molecule has 1 aromatic carbocycles. The van der Waals surface area contributed by atoms with Crippen LogP contribution in [0.1, 0.15) is 38.2 Å². The van der Waals surface area contributed by atoms with Crippen molar-refractivity contribution in [2.75, 3.05) is 26.2 Å². The topological polar surface area (TPSA) is 95.0 Å². The quantitative estimate of drug-likeness (QED) is 0.702. The molecule has 2 fully saturated rings. The highest BCUT2D eigenvalue weighted by Crippen LogP contribution is 2.45. The summed E-state index contributed by atoms with van der Waals surface area (Å²) in [7, 11) is -3.62. The van der Waals surface area contributed by atoms with Crippen molar-refractivity contribution >= 4 is 21.9 Å². The van der Waals surface area contributed by atoms with Gasteiger partial charge in [-0.05, 0) is 48.3 Å². The Kier molecular flexibility index (Phi) is 5.96. The Labute approximate surface area is 183 Å². The number of allylic oxidation sites excluding steroid dienone is 2. The number of amides is 1. The van der Waals surface area contributed by atoms with Gasteiger partial charge in [-0.25, -0.2) is 8.42 Å². The summed E-state index contributed by atoms with van der Waals surface area (Å²) in [5.74, 6) is -2.10. The van der Waals surface area contributed by atoms with E-state index >= 15 is 0 Å². The molecule has 1 amide bonds. The molecule has 1 heterocycles. The van der Waals surface area contributed by atoms with Crippen LogP contribution in [0.3, 0.4) is 0 Å². The molecule has 1 aromatic rings. The van der Waals surface area contributed by atoms with E-state index in [2.05, 4.69) is 13.8 Å². The van der Waals surface area contributed by atoms with Crippen molar-refractivity contribution in [2.45, 2.75) is 37.5 Å². The Morgan fingerprint density at radius 2 is 1.48 bits per heavy atom. The van der Waals surface area contributed by atoms with Crippen LogP contribution >= 0.6 is 0 Å². The lowest BCUT2D eigenvalue weighted by Crippen LogP contribution is -2.55. The molecular weight excluding hydrogens is 416 g/mol. The van der Waals surface area contributed by atoms with Gasteiger partial charge in [-0.2, -0.15) is 4.31 Å². The molecule has 0 aromatic heterocycles. The molecule has 1 aliphatic heterocycles. The number of rotatable bonds is 5. The fourth-order valence-corrected chi connectivity index (χ4v) is 6.62. The molecular formula is C23H30N2O5S. The number of carbonyl (C=O) groups is 2. The van der Waals surface area contributed by atoms with Gasteiger partial charge in [0.1, 0.15) is 0 Å². The van der Waals surface area contributed by atoms with Crippen LogP contribution in [0.25, 0.3) is 0 Å². The van der Waals surface area contributed by atoms with E-state index in [0.29, 0.717) is 5.92 Å². The monoisotopic (exact) mass is 446 g/mol. The molecule has 2 bridgehead atoms. The first-order chi connectivity index (χ1) is 14.7. The zero-order valence-electron chi connectivity index (χ0n) is 18.0. The summed E-state index contributed by atoms with van der Waals surface area (Å²) in [4.78, 5) is 27.0. The molecule has 7 nitrogen and oxygen atoms in total. The van der Waals surface area contributed by atoms with Gasteiger partial charge in [0.2, 0.25) is 15.9 Å². The maximum atomic E-state index is 13.2. The number of benzene rings is 1. The first-order valence-electron chi connectivity index (χ1n) is 11.0. The van der Waals surface area contributed by atoms with Gasteiger partial charge in [0.25, 0.3) is 0 Å². The molecule has 4 aliphatic rings. The van der Waals surface area contributed by atoms with Gasteiger partial charge >= 0.3 is 5.97 Å². The van der Waals surface area contributed by atoms with Crippen molar-refractivity contribution in [3.63, 3.8) is 0 Å². The largest absolute Gasteiger partial charge is 0.481 e. The summed E-state index contributed by atoms with van der Waals surface area (Å²) < 4.78 is 27.5. The van der Waals surface area contributed by atoms with Crippen LogP contribution in [0, 0.1) is 23.7 Å². The van der Waals surface area contributed by atoms with Gasteiger partial charge in [0, 0.05) is 26.2 Å². The van der Waals surface area contributed by atoms with E-state index < -0.39 is 27.8 Å². The van der Waals surface area contributed by atoms with Crippen LogP contribution in [0.2, 0.25) is 0 Å². The predicted molar refractivity (Wildman–Crippen MR) is 116 cm³/mol. The third-order valence-electron chi connectivity index (χ3n) is 7.05. The average Bonchev–Trinajstić information content (AvgIpc) is 2.78. The van der Waals surface area contributed by atoms with E-state index in [1.165, 1.54) is 4.31 Å². The van der Waals surface area contributed by atoms with Crippen molar-refractivity contribution in [1.82, 2.24) is 9.21 Å². The lowest BCUT2D eigenvalue weighted by atomic mass is 9.62.